The van der Waals surface area contributed by atoms with Crippen molar-refractivity contribution in [2.75, 3.05) is 6.54 Å². The van der Waals surface area contributed by atoms with Crippen LogP contribution in [0.25, 0.3) is 6.08 Å². The Bertz CT molecular complexity index is 410. The van der Waals surface area contributed by atoms with Crippen LogP contribution in [0.4, 0.5) is 0 Å². The zero-order chi connectivity index (χ0) is 12.8. The van der Waals surface area contributed by atoms with Gasteiger partial charge in [-0.1, -0.05) is 30.3 Å². The zero-order valence-electron chi connectivity index (χ0n) is 10.4. The van der Waals surface area contributed by atoms with Gasteiger partial charge in [0.1, 0.15) is 0 Å². The summed E-state index contributed by atoms with van der Waals surface area (Å²) in [7, 11) is 0. The second kappa shape index (κ2) is 6.36. The molecular weight excluding hydrogens is 226 g/mol. The topological polar surface area (TPSA) is 49.3 Å². The van der Waals surface area contributed by atoms with E-state index in [4.69, 9.17) is 0 Å². The van der Waals surface area contributed by atoms with Gasteiger partial charge in [-0.05, 0) is 36.8 Å². The number of nitrogens with one attached hydrogen (secondary N) is 1. The third-order valence-corrected chi connectivity index (χ3v) is 3.13. The fourth-order valence-corrected chi connectivity index (χ4v) is 1.85. The third-order valence-electron chi connectivity index (χ3n) is 3.13. The van der Waals surface area contributed by atoms with Crippen molar-refractivity contribution in [1.82, 2.24) is 5.32 Å². The monoisotopic (exact) mass is 245 g/mol. The molecule has 1 aliphatic carbocycles. The van der Waals surface area contributed by atoms with Crippen LogP contribution in [0.15, 0.2) is 36.4 Å². The molecule has 1 aromatic rings. The van der Waals surface area contributed by atoms with E-state index in [9.17, 15) is 9.90 Å². The molecule has 0 bridgehead atoms. The molecule has 1 unspecified atom stereocenters. The Balaban J connectivity index is 1.67. The number of carbonyl (C=O) groups excluding carboxylic acids is 1. The molecule has 1 amide bonds. The van der Waals surface area contributed by atoms with Crippen LogP contribution in [0.5, 0.6) is 0 Å². The van der Waals surface area contributed by atoms with Crippen molar-refractivity contribution in [3.8, 4) is 0 Å². The Morgan fingerprint density at radius 3 is 2.78 bits per heavy atom. The molecule has 2 N–H and O–H groups in total. The lowest BCUT2D eigenvalue weighted by Gasteiger charge is -2.08. The van der Waals surface area contributed by atoms with E-state index >= 15 is 0 Å². The first kappa shape index (κ1) is 12.8. The van der Waals surface area contributed by atoms with Crippen molar-refractivity contribution >= 4 is 12.0 Å². The van der Waals surface area contributed by atoms with Gasteiger partial charge >= 0.3 is 0 Å². The van der Waals surface area contributed by atoms with Crippen LogP contribution in [-0.2, 0) is 4.79 Å². The highest BCUT2D eigenvalue weighted by Crippen LogP contribution is 2.33. The van der Waals surface area contributed by atoms with Crippen LogP contribution in [-0.4, -0.2) is 23.7 Å². The first-order valence-electron chi connectivity index (χ1n) is 6.45. The Morgan fingerprint density at radius 1 is 1.39 bits per heavy atom. The molecule has 18 heavy (non-hydrogen) atoms. The first-order valence-corrected chi connectivity index (χ1v) is 6.45. The van der Waals surface area contributed by atoms with Gasteiger partial charge in [-0.25, -0.2) is 0 Å². The molecule has 1 atom stereocenters. The lowest BCUT2D eigenvalue weighted by molar-refractivity contribution is -0.116. The minimum Gasteiger partial charge on any atom is -0.393 e. The minimum atomic E-state index is -0.247. The van der Waals surface area contributed by atoms with Gasteiger partial charge in [-0.2, -0.15) is 0 Å². The third kappa shape index (κ3) is 4.34. The van der Waals surface area contributed by atoms with Crippen LogP contribution in [0, 0.1) is 5.92 Å². The van der Waals surface area contributed by atoms with Gasteiger partial charge < -0.3 is 10.4 Å². The van der Waals surface area contributed by atoms with Gasteiger partial charge in [0.25, 0.3) is 0 Å². The molecule has 1 fully saturated rings. The van der Waals surface area contributed by atoms with Crippen LogP contribution in [0.3, 0.4) is 0 Å². The summed E-state index contributed by atoms with van der Waals surface area (Å²) in [5.41, 5.74) is 1.01. The summed E-state index contributed by atoms with van der Waals surface area (Å²) in [6.45, 7) is 0.537. The molecule has 2 rings (SSSR count). The van der Waals surface area contributed by atoms with E-state index < -0.39 is 0 Å². The van der Waals surface area contributed by atoms with Crippen LogP contribution in [0.1, 0.15) is 24.8 Å². The predicted molar refractivity (Wildman–Crippen MR) is 71.8 cm³/mol. The molecule has 1 aliphatic rings. The van der Waals surface area contributed by atoms with Gasteiger partial charge in [0, 0.05) is 12.6 Å². The predicted octanol–water partition coefficient (Wildman–Crippen LogP) is 1.98. The number of aliphatic hydroxyl groups excluding tert-OH is 1. The Labute approximate surface area is 108 Å². The molecule has 0 spiro atoms. The highest BCUT2D eigenvalue weighted by atomic mass is 16.3. The maximum Gasteiger partial charge on any atom is 0.244 e. The van der Waals surface area contributed by atoms with Gasteiger partial charge in [0.05, 0.1) is 6.10 Å². The van der Waals surface area contributed by atoms with E-state index in [1.54, 1.807) is 6.08 Å². The molecule has 96 valence electrons. The molecule has 1 saturated carbocycles. The fraction of sp³-hybridized carbons (Fsp3) is 0.400. The highest BCUT2D eigenvalue weighted by molar-refractivity contribution is 5.91. The van der Waals surface area contributed by atoms with Gasteiger partial charge in [0.15, 0.2) is 0 Å². The molecule has 0 aliphatic heterocycles. The maximum absolute atomic E-state index is 11.5. The van der Waals surface area contributed by atoms with E-state index in [1.165, 1.54) is 6.08 Å². The molecule has 0 heterocycles. The second-order valence-corrected chi connectivity index (χ2v) is 4.73. The van der Waals surface area contributed by atoms with Crippen LogP contribution >= 0.6 is 0 Å². The molecule has 0 aromatic heterocycles. The number of carbonyl (C=O) groups is 1. The SMILES string of the molecule is O=C(/C=C/c1ccccc1)NCCC(O)C1CC1. The van der Waals surface area contributed by atoms with Crippen molar-refractivity contribution in [2.45, 2.75) is 25.4 Å². The maximum atomic E-state index is 11.5. The quantitative estimate of drug-likeness (QED) is 0.753. The summed E-state index contributed by atoms with van der Waals surface area (Å²) in [5.74, 6) is 0.364. The van der Waals surface area contributed by atoms with E-state index in [0.717, 1.165) is 18.4 Å². The van der Waals surface area contributed by atoms with Crippen molar-refractivity contribution in [1.29, 1.82) is 0 Å². The fourth-order valence-electron chi connectivity index (χ4n) is 1.85. The number of benzene rings is 1. The molecule has 3 heteroatoms. The lowest BCUT2D eigenvalue weighted by atomic mass is 10.1. The van der Waals surface area contributed by atoms with Gasteiger partial charge in [-0.3, -0.25) is 4.79 Å². The molecule has 0 saturated heterocycles. The van der Waals surface area contributed by atoms with E-state index in [2.05, 4.69) is 5.32 Å². The second-order valence-electron chi connectivity index (χ2n) is 4.73. The number of rotatable bonds is 6. The average molecular weight is 245 g/mol. The molecular formula is C15H19NO2. The summed E-state index contributed by atoms with van der Waals surface area (Å²) < 4.78 is 0. The van der Waals surface area contributed by atoms with Crippen molar-refractivity contribution in [2.24, 2.45) is 5.92 Å². The van der Waals surface area contributed by atoms with Crippen LogP contribution < -0.4 is 5.32 Å². The summed E-state index contributed by atoms with van der Waals surface area (Å²) in [5, 5.41) is 12.4. The summed E-state index contributed by atoms with van der Waals surface area (Å²) >= 11 is 0. The summed E-state index contributed by atoms with van der Waals surface area (Å²) in [6.07, 6.45) is 5.97. The summed E-state index contributed by atoms with van der Waals surface area (Å²) in [4.78, 5) is 11.5. The number of amides is 1. The van der Waals surface area contributed by atoms with Gasteiger partial charge in [0.2, 0.25) is 5.91 Å². The van der Waals surface area contributed by atoms with E-state index in [0.29, 0.717) is 18.9 Å². The Kier molecular flexibility index (Phi) is 4.53. The Hall–Kier alpha value is -1.61. The molecule has 3 nitrogen and oxygen atoms in total. The van der Waals surface area contributed by atoms with Crippen molar-refractivity contribution in [3.05, 3.63) is 42.0 Å². The van der Waals surface area contributed by atoms with Crippen molar-refractivity contribution < 1.29 is 9.90 Å². The standard InChI is InChI=1S/C15H19NO2/c17-14(13-7-8-13)10-11-16-15(18)9-6-12-4-2-1-3-5-12/h1-6,9,13-14,17H,7-8,10-11H2,(H,16,18)/b9-6+. The molecule has 0 radical (unpaired) electrons. The smallest absolute Gasteiger partial charge is 0.244 e. The van der Waals surface area contributed by atoms with Gasteiger partial charge in [-0.15, -0.1) is 0 Å². The first-order chi connectivity index (χ1) is 8.75. The number of hydrogen-bond acceptors (Lipinski definition) is 2. The number of hydrogen-bond donors (Lipinski definition) is 2. The highest BCUT2D eigenvalue weighted by Gasteiger charge is 2.28. The van der Waals surface area contributed by atoms with Crippen LogP contribution in [0.2, 0.25) is 0 Å². The number of aliphatic hydroxyl groups is 1. The Morgan fingerprint density at radius 2 is 2.11 bits per heavy atom. The average Bonchev–Trinajstić information content (AvgIpc) is 3.22. The van der Waals surface area contributed by atoms with E-state index in [-0.39, 0.29) is 12.0 Å². The lowest BCUT2D eigenvalue weighted by Crippen LogP contribution is -2.26. The summed E-state index contributed by atoms with van der Waals surface area (Å²) in [6, 6.07) is 9.70. The largest absolute Gasteiger partial charge is 0.393 e. The van der Waals surface area contributed by atoms with E-state index in [1.807, 2.05) is 30.3 Å². The molecule has 1 aromatic carbocycles. The minimum absolute atomic E-state index is 0.109. The zero-order valence-corrected chi connectivity index (χ0v) is 10.4. The normalized spacial score (nSPS) is 16.7. The van der Waals surface area contributed by atoms with Crippen molar-refractivity contribution in [3.63, 3.8) is 0 Å².